The molecule has 1 aromatic carbocycles. The second kappa shape index (κ2) is 4.88. The summed E-state index contributed by atoms with van der Waals surface area (Å²) in [5, 5.41) is 12.2. The van der Waals surface area contributed by atoms with Crippen molar-refractivity contribution in [2.24, 2.45) is 0 Å². The quantitative estimate of drug-likeness (QED) is 0.842. The number of rotatable bonds is 3. The average molecular weight is 233 g/mol. The molecule has 1 saturated heterocycles. The molecule has 2 unspecified atom stereocenters. The molecule has 1 fully saturated rings. The van der Waals surface area contributed by atoms with Gasteiger partial charge in [-0.1, -0.05) is 38.1 Å². The van der Waals surface area contributed by atoms with Gasteiger partial charge in [0.25, 0.3) is 0 Å². The van der Waals surface area contributed by atoms with Crippen LogP contribution in [0.3, 0.4) is 0 Å². The van der Waals surface area contributed by atoms with Gasteiger partial charge in [0, 0.05) is 5.92 Å². The van der Waals surface area contributed by atoms with Crippen LogP contribution in [0, 0.1) is 0 Å². The molecule has 2 atom stereocenters. The maximum absolute atomic E-state index is 11.1. The smallest absolute Gasteiger partial charge is 0.321 e. The normalized spacial score (nSPS) is 24.2. The highest BCUT2D eigenvalue weighted by Gasteiger charge is 2.33. The molecule has 0 amide bonds. The minimum absolute atomic E-state index is 0.105. The third kappa shape index (κ3) is 2.50. The lowest BCUT2D eigenvalue weighted by Crippen LogP contribution is -2.34. The summed E-state index contributed by atoms with van der Waals surface area (Å²) in [6, 6.07) is 7.93. The van der Waals surface area contributed by atoms with E-state index in [1.807, 2.05) is 0 Å². The molecule has 0 spiro atoms. The third-order valence-corrected chi connectivity index (χ3v) is 3.52. The standard InChI is InChI=1S/C14H19NO2/c1-9(2)10-3-5-11(6-4-10)12-7-8-15-13(12)14(16)17/h3-6,9,12-13,15H,7-8H2,1-2H3,(H,16,17). The van der Waals surface area contributed by atoms with Gasteiger partial charge in [-0.2, -0.15) is 0 Å². The SMILES string of the molecule is CC(C)c1ccc(C2CCNC2C(=O)O)cc1. The van der Waals surface area contributed by atoms with E-state index in [0.29, 0.717) is 5.92 Å². The minimum Gasteiger partial charge on any atom is -0.480 e. The molecule has 0 aliphatic carbocycles. The molecular formula is C14H19NO2. The van der Waals surface area contributed by atoms with Gasteiger partial charge in [-0.05, 0) is 30.0 Å². The van der Waals surface area contributed by atoms with Crippen LogP contribution < -0.4 is 5.32 Å². The van der Waals surface area contributed by atoms with Crippen LogP contribution in [0.1, 0.15) is 43.2 Å². The average Bonchev–Trinajstić information content (AvgIpc) is 2.78. The molecule has 0 saturated carbocycles. The maximum atomic E-state index is 11.1. The van der Waals surface area contributed by atoms with Crippen molar-refractivity contribution in [1.29, 1.82) is 0 Å². The number of carbonyl (C=O) groups is 1. The first-order chi connectivity index (χ1) is 8.09. The Morgan fingerprint density at radius 1 is 1.35 bits per heavy atom. The van der Waals surface area contributed by atoms with Gasteiger partial charge in [0.05, 0.1) is 0 Å². The monoisotopic (exact) mass is 233 g/mol. The summed E-state index contributed by atoms with van der Waals surface area (Å²) in [4.78, 5) is 11.1. The number of nitrogens with one attached hydrogen (secondary N) is 1. The van der Waals surface area contributed by atoms with Crippen LogP contribution in [0.25, 0.3) is 0 Å². The summed E-state index contributed by atoms with van der Waals surface area (Å²) < 4.78 is 0. The first-order valence-corrected chi connectivity index (χ1v) is 6.15. The molecule has 1 aliphatic rings. The fraction of sp³-hybridized carbons (Fsp3) is 0.500. The van der Waals surface area contributed by atoms with E-state index < -0.39 is 12.0 Å². The van der Waals surface area contributed by atoms with Crippen LogP contribution >= 0.6 is 0 Å². The Kier molecular flexibility index (Phi) is 3.48. The highest BCUT2D eigenvalue weighted by atomic mass is 16.4. The van der Waals surface area contributed by atoms with E-state index >= 15 is 0 Å². The summed E-state index contributed by atoms with van der Waals surface area (Å²) in [7, 11) is 0. The van der Waals surface area contributed by atoms with Crippen molar-refractivity contribution in [3.05, 3.63) is 35.4 Å². The Bertz CT molecular complexity index is 397. The van der Waals surface area contributed by atoms with Crippen molar-refractivity contribution in [2.45, 2.75) is 38.1 Å². The van der Waals surface area contributed by atoms with Gasteiger partial charge < -0.3 is 10.4 Å². The van der Waals surface area contributed by atoms with Crippen LogP contribution in [0.4, 0.5) is 0 Å². The zero-order chi connectivity index (χ0) is 12.4. The molecule has 0 aromatic heterocycles. The molecule has 92 valence electrons. The Morgan fingerprint density at radius 3 is 2.53 bits per heavy atom. The van der Waals surface area contributed by atoms with Gasteiger partial charge in [0.1, 0.15) is 6.04 Å². The number of benzene rings is 1. The Morgan fingerprint density at radius 2 is 2.00 bits per heavy atom. The van der Waals surface area contributed by atoms with Gasteiger partial charge in [0.15, 0.2) is 0 Å². The third-order valence-electron chi connectivity index (χ3n) is 3.52. The lowest BCUT2D eigenvalue weighted by Gasteiger charge is -2.16. The van der Waals surface area contributed by atoms with Gasteiger partial charge in [0.2, 0.25) is 0 Å². The van der Waals surface area contributed by atoms with Crippen LogP contribution in [0.2, 0.25) is 0 Å². The highest BCUT2D eigenvalue weighted by Crippen LogP contribution is 2.29. The van der Waals surface area contributed by atoms with Crippen molar-refractivity contribution < 1.29 is 9.90 Å². The van der Waals surface area contributed by atoms with Gasteiger partial charge >= 0.3 is 5.97 Å². The molecule has 1 heterocycles. The molecule has 17 heavy (non-hydrogen) atoms. The van der Waals surface area contributed by atoms with E-state index in [0.717, 1.165) is 18.5 Å². The first kappa shape index (κ1) is 12.1. The molecule has 3 heteroatoms. The molecule has 0 bridgehead atoms. The number of aliphatic carboxylic acids is 1. The molecule has 0 radical (unpaired) electrons. The molecule has 1 aromatic rings. The summed E-state index contributed by atoms with van der Waals surface area (Å²) in [5.74, 6) is -0.129. The molecular weight excluding hydrogens is 214 g/mol. The van der Waals surface area contributed by atoms with E-state index in [-0.39, 0.29) is 5.92 Å². The van der Waals surface area contributed by atoms with E-state index in [1.165, 1.54) is 5.56 Å². The van der Waals surface area contributed by atoms with Crippen molar-refractivity contribution in [2.75, 3.05) is 6.54 Å². The first-order valence-electron chi connectivity index (χ1n) is 6.15. The zero-order valence-electron chi connectivity index (χ0n) is 10.3. The highest BCUT2D eigenvalue weighted by molar-refractivity contribution is 5.75. The van der Waals surface area contributed by atoms with Crippen molar-refractivity contribution >= 4 is 5.97 Å². The zero-order valence-corrected chi connectivity index (χ0v) is 10.3. The lowest BCUT2D eigenvalue weighted by molar-refractivity contribution is -0.139. The van der Waals surface area contributed by atoms with Crippen LogP contribution in [-0.4, -0.2) is 23.7 Å². The van der Waals surface area contributed by atoms with E-state index in [2.05, 4.69) is 43.4 Å². The maximum Gasteiger partial charge on any atom is 0.321 e. The van der Waals surface area contributed by atoms with Crippen molar-refractivity contribution in [3.63, 3.8) is 0 Å². The van der Waals surface area contributed by atoms with E-state index in [1.54, 1.807) is 0 Å². The summed E-state index contributed by atoms with van der Waals surface area (Å²) in [6.45, 7) is 5.10. The predicted octanol–water partition coefficient (Wildman–Crippen LogP) is 2.34. The second-order valence-corrected chi connectivity index (χ2v) is 4.99. The predicted molar refractivity (Wildman–Crippen MR) is 67.3 cm³/mol. The Balaban J connectivity index is 2.19. The van der Waals surface area contributed by atoms with Crippen LogP contribution in [-0.2, 0) is 4.79 Å². The Hall–Kier alpha value is -1.35. The molecule has 1 aliphatic heterocycles. The van der Waals surface area contributed by atoms with E-state index in [9.17, 15) is 4.79 Å². The number of hydrogen-bond acceptors (Lipinski definition) is 2. The largest absolute Gasteiger partial charge is 0.480 e. The van der Waals surface area contributed by atoms with Crippen LogP contribution in [0.15, 0.2) is 24.3 Å². The number of hydrogen-bond donors (Lipinski definition) is 2. The fourth-order valence-corrected chi connectivity index (χ4v) is 2.45. The summed E-state index contributed by atoms with van der Waals surface area (Å²) in [6.07, 6.45) is 0.901. The van der Waals surface area contributed by atoms with Crippen molar-refractivity contribution in [1.82, 2.24) is 5.32 Å². The van der Waals surface area contributed by atoms with Gasteiger partial charge in [-0.15, -0.1) is 0 Å². The Labute approximate surface area is 102 Å². The second-order valence-electron chi connectivity index (χ2n) is 4.99. The fourth-order valence-electron chi connectivity index (χ4n) is 2.45. The van der Waals surface area contributed by atoms with E-state index in [4.69, 9.17) is 5.11 Å². The van der Waals surface area contributed by atoms with Crippen molar-refractivity contribution in [3.8, 4) is 0 Å². The topological polar surface area (TPSA) is 49.3 Å². The summed E-state index contributed by atoms with van der Waals surface area (Å²) in [5.41, 5.74) is 2.43. The van der Waals surface area contributed by atoms with Gasteiger partial charge in [-0.3, -0.25) is 4.79 Å². The summed E-state index contributed by atoms with van der Waals surface area (Å²) >= 11 is 0. The molecule has 3 nitrogen and oxygen atoms in total. The molecule has 2 N–H and O–H groups in total. The number of carboxylic acids is 1. The minimum atomic E-state index is -0.750. The van der Waals surface area contributed by atoms with Crippen LogP contribution in [0.5, 0.6) is 0 Å². The lowest BCUT2D eigenvalue weighted by atomic mass is 9.90. The number of carboxylic acid groups (broad SMARTS) is 1. The molecule has 2 rings (SSSR count). The van der Waals surface area contributed by atoms with Gasteiger partial charge in [-0.25, -0.2) is 0 Å².